The van der Waals surface area contributed by atoms with Crippen molar-refractivity contribution in [3.05, 3.63) is 0 Å². The summed E-state index contributed by atoms with van der Waals surface area (Å²) in [5, 5.41) is 19.0. The van der Waals surface area contributed by atoms with Gasteiger partial charge >= 0.3 is 0 Å². The van der Waals surface area contributed by atoms with E-state index in [0.717, 1.165) is 32.1 Å². The number of hydrogen-bond acceptors (Lipinski definition) is 2. The standard InChI is InChI=1S/C11H19NO/c1-9(2)7-10(13)11(8-12)5-3-4-6-11/h9-10,13H,3-7H2,1-2H3. The summed E-state index contributed by atoms with van der Waals surface area (Å²) in [5.41, 5.74) is -0.412. The van der Waals surface area contributed by atoms with E-state index in [9.17, 15) is 5.11 Å². The summed E-state index contributed by atoms with van der Waals surface area (Å²) in [6, 6.07) is 2.33. The second-order valence-corrected chi connectivity index (χ2v) is 4.62. The first-order valence-electron chi connectivity index (χ1n) is 5.20. The van der Waals surface area contributed by atoms with Gasteiger partial charge in [0.05, 0.1) is 17.6 Å². The largest absolute Gasteiger partial charge is 0.391 e. The fourth-order valence-corrected chi connectivity index (χ4v) is 2.20. The van der Waals surface area contributed by atoms with Gasteiger partial charge in [0.1, 0.15) is 0 Å². The Hall–Kier alpha value is -0.550. The number of aliphatic hydroxyl groups is 1. The lowest BCUT2D eigenvalue weighted by Crippen LogP contribution is -2.32. The Morgan fingerprint density at radius 1 is 1.38 bits per heavy atom. The van der Waals surface area contributed by atoms with Crippen molar-refractivity contribution in [3.63, 3.8) is 0 Å². The van der Waals surface area contributed by atoms with Crippen LogP contribution in [0, 0.1) is 22.7 Å². The van der Waals surface area contributed by atoms with Gasteiger partial charge in [0, 0.05) is 0 Å². The molecule has 0 aromatic heterocycles. The first-order valence-corrected chi connectivity index (χ1v) is 5.20. The van der Waals surface area contributed by atoms with Gasteiger partial charge in [-0.1, -0.05) is 26.7 Å². The lowest BCUT2D eigenvalue weighted by molar-refractivity contribution is 0.0494. The molecule has 13 heavy (non-hydrogen) atoms. The Kier molecular flexibility index (Phi) is 3.33. The highest BCUT2D eigenvalue weighted by Crippen LogP contribution is 2.42. The van der Waals surface area contributed by atoms with Crippen LogP contribution < -0.4 is 0 Å². The van der Waals surface area contributed by atoms with Gasteiger partial charge in [0.2, 0.25) is 0 Å². The molecule has 0 aromatic carbocycles. The molecule has 0 bridgehead atoms. The maximum atomic E-state index is 9.95. The van der Waals surface area contributed by atoms with Crippen LogP contribution >= 0.6 is 0 Å². The maximum absolute atomic E-state index is 9.95. The van der Waals surface area contributed by atoms with Gasteiger partial charge in [-0.2, -0.15) is 5.26 Å². The number of nitrogens with zero attached hydrogens (tertiary/aromatic N) is 1. The van der Waals surface area contributed by atoms with E-state index in [0.29, 0.717) is 5.92 Å². The first-order chi connectivity index (χ1) is 6.10. The summed E-state index contributed by atoms with van der Waals surface area (Å²) in [6.07, 6.45) is 4.31. The van der Waals surface area contributed by atoms with Crippen molar-refractivity contribution in [3.8, 4) is 6.07 Å². The molecular weight excluding hydrogens is 162 g/mol. The molecule has 1 atom stereocenters. The van der Waals surface area contributed by atoms with Gasteiger partial charge < -0.3 is 5.11 Å². The SMILES string of the molecule is CC(C)CC(O)C1(C#N)CCCC1. The van der Waals surface area contributed by atoms with Gasteiger partial charge in [-0.05, 0) is 25.2 Å². The molecule has 2 heteroatoms. The lowest BCUT2D eigenvalue weighted by Gasteiger charge is -2.27. The molecule has 2 nitrogen and oxygen atoms in total. The van der Waals surface area contributed by atoms with Crippen molar-refractivity contribution in [2.75, 3.05) is 0 Å². The predicted molar refractivity (Wildman–Crippen MR) is 52.0 cm³/mol. The molecule has 0 saturated heterocycles. The molecule has 0 radical (unpaired) electrons. The van der Waals surface area contributed by atoms with Gasteiger partial charge in [-0.15, -0.1) is 0 Å². The average molecular weight is 181 g/mol. The second kappa shape index (κ2) is 4.11. The topological polar surface area (TPSA) is 44.0 Å². The molecule has 1 unspecified atom stereocenters. The second-order valence-electron chi connectivity index (χ2n) is 4.62. The third-order valence-corrected chi connectivity index (χ3v) is 3.05. The summed E-state index contributed by atoms with van der Waals surface area (Å²) < 4.78 is 0. The molecule has 1 N–H and O–H groups in total. The van der Waals surface area contributed by atoms with Gasteiger partial charge in [0.25, 0.3) is 0 Å². The van der Waals surface area contributed by atoms with Crippen molar-refractivity contribution < 1.29 is 5.11 Å². The number of nitriles is 1. The van der Waals surface area contributed by atoms with Crippen LogP contribution in [0.25, 0.3) is 0 Å². The normalized spacial score (nSPS) is 23.0. The van der Waals surface area contributed by atoms with Crippen molar-refractivity contribution >= 4 is 0 Å². The molecule has 1 aliphatic rings. The van der Waals surface area contributed by atoms with Crippen LogP contribution in [0.4, 0.5) is 0 Å². The van der Waals surface area contributed by atoms with Crippen LogP contribution in [0.5, 0.6) is 0 Å². The van der Waals surface area contributed by atoms with E-state index in [2.05, 4.69) is 19.9 Å². The molecule has 0 amide bonds. The summed E-state index contributed by atoms with van der Waals surface area (Å²) >= 11 is 0. The highest BCUT2D eigenvalue weighted by molar-refractivity contribution is 5.06. The Labute approximate surface area is 80.6 Å². The zero-order chi connectivity index (χ0) is 9.90. The van der Waals surface area contributed by atoms with Crippen LogP contribution in [0.2, 0.25) is 0 Å². The summed E-state index contributed by atoms with van der Waals surface area (Å²) in [5.74, 6) is 0.473. The zero-order valence-electron chi connectivity index (χ0n) is 8.58. The minimum Gasteiger partial charge on any atom is -0.391 e. The van der Waals surface area contributed by atoms with Crippen molar-refractivity contribution in [1.82, 2.24) is 0 Å². The Bertz CT molecular complexity index is 199. The monoisotopic (exact) mass is 181 g/mol. The van der Waals surface area contributed by atoms with Crippen LogP contribution in [-0.2, 0) is 0 Å². The molecule has 1 rings (SSSR count). The quantitative estimate of drug-likeness (QED) is 0.727. The molecule has 0 spiro atoms. The molecule has 1 saturated carbocycles. The fourth-order valence-electron chi connectivity index (χ4n) is 2.20. The molecule has 0 heterocycles. The molecule has 74 valence electrons. The van der Waals surface area contributed by atoms with E-state index < -0.39 is 11.5 Å². The lowest BCUT2D eigenvalue weighted by atomic mass is 9.78. The number of rotatable bonds is 3. The van der Waals surface area contributed by atoms with E-state index >= 15 is 0 Å². The molecule has 1 aliphatic carbocycles. The molecular formula is C11H19NO. The summed E-state index contributed by atoms with van der Waals surface area (Å²) in [6.45, 7) is 4.17. The van der Waals surface area contributed by atoms with Crippen LogP contribution in [0.15, 0.2) is 0 Å². The average Bonchev–Trinajstić information content (AvgIpc) is 2.51. The highest BCUT2D eigenvalue weighted by Gasteiger charge is 2.40. The van der Waals surface area contributed by atoms with Gasteiger partial charge in [-0.3, -0.25) is 0 Å². The van der Waals surface area contributed by atoms with E-state index in [1.807, 2.05) is 0 Å². The highest BCUT2D eigenvalue weighted by atomic mass is 16.3. The fraction of sp³-hybridized carbons (Fsp3) is 0.909. The van der Waals surface area contributed by atoms with E-state index in [-0.39, 0.29) is 0 Å². The van der Waals surface area contributed by atoms with Gasteiger partial charge in [0.15, 0.2) is 0 Å². The smallest absolute Gasteiger partial charge is 0.0832 e. The van der Waals surface area contributed by atoms with Crippen LogP contribution in [-0.4, -0.2) is 11.2 Å². The van der Waals surface area contributed by atoms with Crippen molar-refractivity contribution in [2.45, 2.75) is 52.1 Å². The van der Waals surface area contributed by atoms with Crippen molar-refractivity contribution in [1.29, 1.82) is 5.26 Å². The van der Waals surface area contributed by atoms with E-state index in [1.54, 1.807) is 0 Å². The Morgan fingerprint density at radius 2 is 1.92 bits per heavy atom. The molecule has 1 fully saturated rings. The van der Waals surface area contributed by atoms with E-state index in [4.69, 9.17) is 5.26 Å². The molecule has 0 aromatic rings. The third kappa shape index (κ3) is 2.22. The molecule has 0 aliphatic heterocycles. The van der Waals surface area contributed by atoms with Gasteiger partial charge in [-0.25, -0.2) is 0 Å². The van der Waals surface area contributed by atoms with E-state index in [1.165, 1.54) is 0 Å². The summed E-state index contributed by atoms with van der Waals surface area (Å²) in [7, 11) is 0. The first kappa shape index (κ1) is 10.5. The number of aliphatic hydroxyl groups excluding tert-OH is 1. The minimum atomic E-state index is -0.417. The minimum absolute atomic E-state index is 0.412. The number of hydrogen-bond donors (Lipinski definition) is 1. The van der Waals surface area contributed by atoms with Crippen LogP contribution in [0.3, 0.4) is 0 Å². The Balaban J connectivity index is 2.61. The Morgan fingerprint density at radius 3 is 2.31 bits per heavy atom. The maximum Gasteiger partial charge on any atom is 0.0832 e. The predicted octanol–water partition coefficient (Wildman–Crippen LogP) is 2.48. The van der Waals surface area contributed by atoms with Crippen molar-refractivity contribution in [2.24, 2.45) is 11.3 Å². The van der Waals surface area contributed by atoms with Crippen LogP contribution in [0.1, 0.15) is 46.0 Å². The third-order valence-electron chi connectivity index (χ3n) is 3.05. The summed E-state index contributed by atoms with van der Waals surface area (Å²) in [4.78, 5) is 0. The zero-order valence-corrected chi connectivity index (χ0v) is 8.58.